The average Bonchev–Trinajstić information content (AvgIpc) is 2.46. The Bertz CT molecular complexity index is 666. The Labute approximate surface area is 147 Å². The van der Waals surface area contributed by atoms with Crippen LogP contribution in [0.4, 0.5) is 13.2 Å². The number of halogens is 3. The molecule has 1 aromatic carbocycles. The molecular formula is C20H26F3NO. The van der Waals surface area contributed by atoms with E-state index in [-0.39, 0.29) is 17.2 Å². The lowest BCUT2D eigenvalue weighted by molar-refractivity contribution is -0.137. The van der Waals surface area contributed by atoms with Crippen molar-refractivity contribution in [2.24, 2.45) is 5.41 Å². The summed E-state index contributed by atoms with van der Waals surface area (Å²) in [5.41, 5.74) is 2.07. The molecule has 0 aromatic heterocycles. The van der Waals surface area contributed by atoms with Crippen molar-refractivity contribution >= 4 is 5.78 Å². The molecule has 0 heterocycles. The van der Waals surface area contributed by atoms with E-state index in [1.807, 2.05) is 0 Å². The number of alkyl halides is 3. The summed E-state index contributed by atoms with van der Waals surface area (Å²) in [6.07, 6.45) is -2.69. The second kappa shape index (κ2) is 6.85. The largest absolute Gasteiger partial charge is 0.416 e. The van der Waals surface area contributed by atoms with Crippen LogP contribution in [0.1, 0.15) is 64.5 Å². The summed E-state index contributed by atoms with van der Waals surface area (Å²) in [6.45, 7) is 10.0. The Morgan fingerprint density at radius 2 is 1.64 bits per heavy atom. The van der Waals surface area contributed by atoms with Crippen LogP contribution in [0.2, 0.25) is 0 Å². The molecule has 25 heavy (non-hydrogen) atoms. The highest BCUT2D eigenvalue weighted by Gasteiger charge is 2.33. The predicted molar refractivity (Wildman–Crippen MR) is 93.2 cm³/mol. The molecule has 1 aliphatic carbocycles. The summed E-state index contributed by atoms with van der Waals surface area (Å²) in [6, 6.07) is 5.18. The molecule has 0 bridgehead atoms. The van der Waals surface area contributed by atoms with Crippen molar-refractivity contribution in [3.8, 4) is 0 Å². The summed E-state index contributed by atoms with van der Waals surface area (Å²) in [4.78, 5) is 12.2. The maximum absolute atomic E-state index is 12.7. The molecule has 138 valence electrons. The molecule has 2 unspecified atom stereocenters. The SMILES string of the molecule is CC(=O)C(C1=C(NC(C)C(C)(C)C)CC1)c1ccc(C(F)(F)F)cc1. The third kappa shape index (κ3) is 4.44. The van der Waals surface area contributed by atoms with Crippen molar-refractivity contribution in [1.29, 1.82) is 0 Å². The summed E-state index contributed by atoms with van der Waals surface area (Å²) in [7, 11) is 0. The van der Waals surface area contributed by atoms with Gasteiger partial charge >= 0.3 is 6.18 Å². The van der Waals surface area contributed by atoms with Gasteiger partial charge in [0, 0.05) is 11.7 Å². The fourth-order valence-electron chi connectivity index (χ4n) is 2.90. The molecule has 1 aromatic rings. The molecule has 0 saturated heterocycles. The van der Waals surface area contributed by atoms with Crippen LogP contribution in [0.15, 0.2) is 35.5 Å². The number of carbonyl (C=O) groups is 1. The van der Waals surface area contributed by atoms with Gasteiger partial charge in [-0.15, -0.1) is 0 Å². The summed E-state index contributed by atoms with van der Waals surface area (Å²) in [5, 5.41) is 3.49. The zero-order chi connectivity index (χ0) is 19.0. The van der Waals surface area contributed by atoms with Crippen LogP contribution in [-0.2, 0) is 11.0 Å². The van der Waals surface area contributed by atoms with Crippen molar-refractivity contribution in [1.82, 2.24) is 5.32 Å². The third-order valence-electron chi connectivity index (χ3n) is 5.05. The number of Topliss-reactive ketones (excluding diaryl/α,β-unsaturated/α-hetero) is 1. The second-order valence-electron chi connectivity index (χ2n) is 7.90. The third-order valence-corrected chi connectivity index (χ3v) is 5.05. The van der Waals surface area contributed by atoms with Crippen LogP contribution in [-0.4, -0.2) is 11.8 Å². The number of hydrogen-bond acceptors (Lipinski definition) is 2. The van der Waals surface area contributed by atoms with E-state index < -0.39 is 17.7 Å². The van der Waals surface area contributed by atoms with E-state index in [1.54, 1.807) is 0 Å². The van der Waals surface area contributed by atoms with Gasteiger partial charge in [-0.05, 0) is 55.4 Å². The highest BCUT2D eigenvalue weighted by molar-refractivity contribution is 5.87. The first-order valence-corrected chi connectivity index (χ1v) is 8.57. The molecule has 2 atom stereocenters. The first-order valence-electron chi connectivity index (χ1n) is 8.57. The van der Waals surface area contributed by atoms with Crippen LogP contribution >= 0.6 is 0 Å². The van der Waals surface area contributed by atoms with E-state index in [0.29, 0.717) is 5.56 Å². The Balaban J connectivity index is 2.30. The van der Waals surface area contributed by atoms with E-state index in [2.05, 4.69) is 33.0 Å². The van der Waals surface area contributed by atoms with Crippen LogP contribution in [0, 0.1) is 5.41 Å². The lowest BCUT2D eigenvalue weighted by Gasteiger charge is -2.36. The smallest absolute Gasteiger partial charge is 0.385 e. The van der Waals surface area contributed by atoms with Crippen LogP contribution in [0.25, 0.3) is 0 Å². The lowest BCUT2D eigenvalue weighted by atomic mass is 9.77. The number of rotatable bonds is 5. The van der Waals surface area contributed by atoms with Crippen LogP contribution in [0.3, 0.4) is 0 Å². The number of ketones is 1. The first kappa shape index (κ1) is 19.5. The fraction of sp³-hybridized carbons (Fsp3) is 0.550. The molecule has 2 nitrogen and oxygen atoms in total. The van der Waals surface area contributed by atoms with Crippen LogP contribution < -0.4 is 5.32 Å². The van der Waals surface area contributed by atoms with E-state index in [4.69, 9.17) is 0 Å². The minimum Gasteiger partial charge on any atom is -0.385 e. The standard InChI is InChI=1S/C20H26F3NO/c1-12(25)18(14-6-8-15(9-7-14)20(21,22)23)16-10-11-17(16)24-13(2)19(3,4)5/h6-9,13,18,24H,10-11H2,1-5H3. The number of allylic oxidation sites excluding steroid dienone is 2. The van der Waals surface area contributed by atoms with Crippen molar-refractivity contribution in [2.75, 3.05) is 0 Å². The molecule has 2 rings (SSSR count). The first-order chi connectivity index (χ1) is 11.4. The van der Waals surface area contributed by atoms with E-state index >= 15 is 0 Å². The van der Waals surface area contributed by atoms with Gasteiger partial charge in [-0.2, -0.15) is 13.2 Å². The molecule has 0 radical (unpaired) electrons. The summed E-state index contributed by atoms with van der Waals surface area (Å²) in [5.74, 6) is -0.511. The van der Waals surface area contributed by atoms with E-state index in [0.717, 1.165) is 36.2 Å². The zero-order valence-corrected chi connectivity index (χ0v) is 15.4. The summed E-state index contributed by atoms with van der Waals surface area (Å²) < 4.78 is 38.2. The van der Waals surface area contributed by atoms with Crippen molar-refractivity contribution in [3.63, 3.8) is 0 Å². The van der Waals surface area contributed by atoms with Crippen molar-refractivity contribution < 1.29 is 18.0 Å². The normalized spacial score (nSPS) is 17.8. The highest BCUT2D eigenvalue weighted by atomic mass is 19.4. The molecule has 0 aliphatic heterocycles. The lowest BCUT2D eigenvalue weighted by Crippen LogP contribution is -2.40. The minimum atomic E-state index is -4.37. The number of carbonyl (C=O) groups excluding carboxylic acids is 1. The second-order valence-corrected chi connectivity index (χ2v) is 7.90. The Morgan fingerprint density at radius 3 is 2.00 bits per heavy atom. The highest BCUT2D eigenvalue weighted by Crippen LogP contribution is 2.40. The summed E-state index contributed by atoms with van der Waals surface area (Å²) >= 11 is 0. The predicted octanol–water partition coefficient (Wildman–Crippen LogP) is 5.45. The molecule has 0 fully saturated rings. The minimum absolute atomic E-state index is 0.0443. The Hall–Kier alpha value is -1.78. The molecule has 5 heteroatoms. The zero-order valence-electron chi connectivity index (χ0n) is 15.4. The van der Waals surface area contributed by atoms with Gasteiger partial charge in [0.1, 0.15) is 5.78 Å². The van der Waals surface area contributed by atoms with Crippen molar-refractivity contribution in [3.05, 3.63) is 46.7 Å². The van der Waals surface area contributed by atoms with Gasteiger partial charge in [0.2, 0.25) is 0 Å². The Kier molecular flexibility index (Phi) is 5.35. The molecule has 1 aliphatic rings. The monoisotopic (exact) mass is 353 g/mol. The quantitative estimate of drug-likeness (QED) is 0.762. The molecule has 0 amide bonds. The van der Waals surface area contributed by atoms with E-state index in [9.17, 15) is 18.0 Å². The van der Waals surface area contributed by atoms with Gasteiger partial charge in [0.05, 0.1) is 11.5 Å². The van der Waals surface area contributed by atoms with Gasteiger partial charge in [-0.3, -0.25) is 4.79 Å². The van der Waals surface area contributed by atoms with Crippen molar-refractivity contribution in [2.45, 2.75) is 65.6 Å². The average molecular weight is 353 g/mol. The fourth-order valence-corrected chi connectivity index (χ4v) is 2.90. The number of nitrogens with one attached hydrogen (secondary N) is 1. The topological polar surface area (TPSA) is 29.1 Å². The molecular weight excluding hydrogens is 327 g/mol. The molecule has 0 saturated carbocycles. The van der Waals surface area contributed by atoms with Gasteiger partial charge in [0.25, 0.3) is 0 Å². The van der Waals surface area contributed by atoms with Gasteiger partial charge < -0.3 is 5.32 Å². The van der Waals surface area contributed by atoms with E-state index in [1.165, 1.54) is 19.1 Å². The maximum atomic E-state index is 12.7. The van der Waals surface area contributed by atoms with Gasteiger partial charge in [-0.25, -0.2) is 0 Å². The number of benzene rings is 1. The number of hydrogen-bond donors (Lipinski definition) is 1. The molecule has 0 spiro atoms. The van der Waals surface area contributed by atoms with Gasteiger partial charge in [-0.1, -0.05) is 32.9 Å². The Morgan fingerprint density at radius 1 is 1.08 bits per heavy atom. The maximum Gasteiger partial charge on any atom is 0.416 e. The van der Waals surface area contributed by atoms with Gasteiger partial charge in [0.15, 0.2) is 0 Å². The van der Waals surface area contributed by atoms with Crippen LogP contribution in [0.5, 0.6) is 0 Å². The molecule has 1 N–H and O–H groups in total.